The highest BCUT2D eigenvalue weighted by Crippen LogP contribution is 2.41. The van der Waals surface area contributed by atoms with Gasteiger partial charge >= 0.3 is 12.1 Å². The fourth-order valence-corrected chi connectivity index (χ4v) is 4.41. The van der Waals surface area contributed by atoms with Crippen molar-refractivity contribution in [1.82, 2.24) is 4.90 Å². The number of aliphatic carboxylic acids is 1. The van der Waals surface area contributed by atoms with Gasteiger partial charge in [0.25, 0.3) is 0 Å². The second-order valence-corrected chi connectivity index (χ2v) is 10.4. The Morgan fingerprint density at radius 1 is 1.15 bits per heavy atom. The molecule has 6 nitrogen and oxygen atoms in total. The molecular formula is C26H31ClFNO5. The zero-order valence-corrected chi connectivity index (χ0v) is 20.6. The van der Waals surface area contributed by atoms with E-state index in [2.05, 4.69) is 0 Å². The Labute approximate surface area is 204 Å². The lowest BCUT2D eigenvalue weighted by Crippen LogP contribution is -2.47. The number of carboxylic acids is 1. The highest BCUT2D eigenvalue weighted by Gasteiger charge is 2.41. The van der Waals surface area contributed by atoms with E-state index in [0.29, 0.717) is 36.5 Å². The van der Waals surface area contributed by atoms with Gasteiger partial charge in [0.15, 0.2) is 0 Å². The molecule has 34 heavy (non-hydrogen) atoms. The van der Waals surface area contributed by atoms with Crippen LogP contribution < -0.4 is 0 Å². The van der Waals surface area contributed by atoms with Crippen LogP contribution in [0.15, 0.2) is 53.4 Å². The molecule has 0 spiro atoms. The highest BCUT2D eigenvalue weighted by atomic mass is 35.5. The molecule has 1 amide bonds. The van der Waals surface area contributed by atoms with Crippen molar-refractivity contribution in [1.29, 1.82) is 0 Å². The Balaban J connectivity index is 1.79. The summed E-state index contributed by atoms with van der Waals surface area (Å²) in [4.78, 5) is 25.9. The minimum Gasteiger partial charge on any atom is -0.481 e. The second-order valence-electron chi connectivity index (χ2n) is 9.97. The van der Waals surface area contributed by atoms with Crippen LogP contribution in [0.25, 0.3) is 6.08 Å². The van der Waals surface area contributed by atoms with Crippen molar-refractivity contribution in [3.63, 3.8) is 0 Å². The summed E-state index contributed by atoms with van der Waals surface area (Å²) >= 11 is 5.89. The van der Waals surface area contributed by atoms with Crippen molar-refractivity contribution in [2.24, 2.45) is 11.8 Å². The Morgan fingerprint density at radius 3 is 2.26 bits per heavy atom. The second kappa shape index (κ2) is 9.92. The van der Waals surface area contributed by atoms with E-state index in [1.807, 2.05) is 0 Å². The van der Waals surface area contributed by atoms with Crippen LogP contribution in [-0.4, -0.2) is 51.5 Å². The molecule has 0 saturated carbocycles. The highest BCUT2D eigenvalue weighted by molar-refractivity contribution is 6.30. The van der Waals surface area contributed by atoms with Gasteiger partial charge in [-0.15, -0.1) is 0 Å². The Morgan fingerprint density at radius 2 is 1.74 bits per heavy atom. The summed E-state index contributed by atoms with van der Waals surface area (Å²) < 4.78 is 20.6. The van der Waals surface area contributed by atoms with Gasteiger partial charge in [0.05, 0.1) is 5.60 Å². The molecule has 8 heteroatoms. The molecule has 1 aliphatic heterocycles. The normalized spacial score (nSPS) is 22.6. The van der Waals surface area contributed by atoms with Gasteiger partial charge in [0.2, 0.25) is 0 Å². The van der Waals surface area contributed by atoms with Gasteiger partial charge in [-0.1, -0.05) is 29.8 Å². The first-order chi connectivity index (χ1) is 15.8. The van der Waals surface area contributed by atoms with Gasteiger partial charge in [-0.05, 0) is 81.9 Å². The maximum atomic E-state index is 15.2. The number of benzene rings is 1. The average molecular weight is 492 g/mol. The fourth-order valence-electron chi connectivity index (χ4n) is 4.29. The largest absolute Gasteiger partial charge is 0.481 e. The molecule has 0 bridgehead atoms. The van der Waals surface area contributed by atoms with Crippen LogP contribution in [0.2, 0.25) is 5.02 Å². The predicted molar refractivity (Wildman–Crippen MR) is 129 cm³/mol. The van der Waals surface area contributed by atoms with Crippen molar-refractivity contribution in [3.8, 4) is 0 Å². The molecule has 1 heterocycles. The zero-order valence-electron chi connectivity index (χ0n) is 19.8. The number of rotatable bonds is 4. The van der Waals surface area contributed by atoms with Crippen molar-refractivity contribution in [3.05, 3.63) is 64.0 Å². The van der Waals surface area contributed by atoms with Crippen LogP contribution in [0, 0.1) is 11.8 Å². The van der Waals surface area contributed by atoms with Crippen LogP contribution in [0.1, 0.15) is 46.1 Å². The lowest BCUT2D eigenvalue weighted by Gasteiger charge is -2.41. The van der Waals surface area contributed by atoms with E-state index in [0.717, 1.165) is 0 Å². The number of halogens is 2. The van der Waals surface area contributed by atoms with Crippen molar-refractivity contribution in [2.75, 3.05) is 13.1 Å². The quantitative estimate of drug-likeness (QED) is 0.571. The summed E-state index contributed by atoms with van der Waals surface area (Å²) in [6, 6.07) is 6.64. The zero-order chi connectivity index (χ0) is 25.3. The maximum absolute atomic E-state index is 15.2. The van der Waals surface area contributed by atoms with E-state index in [9.17, 15) is 19.8 Å². The van der Waals surface area contributed by atoms with Gasteiger partial charge in [0, 0.05) is 23.7 Å². The van der Waals surface area contributed by atoms with Crippen LogP contribution in [0.3, 0.4) is 0 Å². The van der Waals surface area contributed by atoms with Gasteiger partial charge in [-0.2, -0.15) is 0 Å². The third-order valence-corrected chi connectivity index (χ3v) is 6.48. The van der Waals surface area contributed by atoms with Crippen LogP contribution in [0.4, 0.5) is 9.18 Å². The number of aliphatic hydroxyl groups is 1. The summed E-state index contributed by atoms with van der Waals surface area (Å²) in [5.74, 6) is -3.44. The molecule has 0 radical (unpaired) electrons. The number of allylic oxidation sites excluding steroid dienone is 1. The predicted octanol–water partition coefficient (Wildman–Crippen LogP) is 5.62. The number of carbonyl (C=O) groups excluding carboxylic acids is 1. The molecule has 2 atom stereocenters. The smallest absolute Gasteiger partial charge is 0.410 e. The molecule has 2 aliphatic rings. The molecule has 184 valence electrons. The Hall–Kier alpha value is -2.64. The molecule has 2 unspecified atom stereocenters. The number of nitrogens with zero attached hydrogens (tertiary/aromatic N) is 1. The first-order valence-corrected chi connectivity index (χ1v) is 11.7. The maximum Gasteiger partial charge on any atom is 0.410 e. The van der Waals surface area contributed by atoms with E-state index in [1.54, 1.807) is 56.9 Å². The molecule has 3 rings (SSSR count). The van der Waals surface area contributed by atoms with Crippen LogP contribution >= 0.6 is 11.6 Å². The lowest BCUT2D eigenvalue weighted by molar-refractivity contribution is -0.139. The van der Waals surface area contributed by atoms with Gasteiger partial charge < -0.3 is 19.8 Å². The molecule has 1 fully saturated rings. The Kier molecular flexibility index (Phi) is 7.58. The minimum atomic E-state index is -1.46. The summed E-state index contributed by atoms with van der Waals surface area (Å²) in [7, 11) is 0. The summed E-state index contributed by atoms with van der Waals surface area (Å²) in [6.07, 6.45) is 4.64. The topological polar surface area (TPSA) is 87.1 Å². The van der Waals surface area contributed by atoms with Gasteiger partial charge in [-0.3, -0.25) is 4.79 Å². The van der Waals surface area contributed by atoms with E-state index < -0.39 is 35.0 Å². The molecule has 1 aromatic rings. The number of likely N-dealkylation sites (tertiary alicyclic amines) is 1. The SMILES string of the molecule is CC(C)(C)OC(=O)N1CCC(C(C)(O)C2=CC(C(=O)O)C(=Cc3ccc(Cl)cc3)C(F)=C2)CC1. The molecule has 2 N–H and O–H groups in total. The lowest BCUT2D eigenvalue weighted by atomic mass is 9.73. The average Bonchev–Trinajstić information content (AvgIpc) is 2.75. The fraction of sp³-hybridized carbons (Fsp3) is 0.462. The first kappa shape index (κ1) is 26.0. The van der Waals surface area contributed by atoms with E-state index >= 15 is 4.39 Å². The molecule has 1 aliphatic carbocycles. The molecule has 0 aromatic heterocycles. The van der Waals surface area contributed by atoms with Gasteiger partial charge in [0.1, 0.15) is 17.3 Å². The van der Waals surface area contributed by atoms with E-state index in [4.69, 9.17) is 16.3 Å². The number of hydrogen-bond acceptors (Lipinski definition) is 4. The van der Waals surface area contributed by atoms with Crippen molar-refractivity contribution >= 4 is 29.7 Å². The number of carbonyl (C=O) groups is 2. The summed E-state index contributed by atoms with van der Waals surface area (Å²) in [5.41, 5.74) is -1.21. The van der Waals surface area contributed by atoms with Crippen LogP contribution in [-0.2, 0) is 9.53 Å². The molecular weight excluding hydrogens is 461 g/mol. The standard InChI is InChI=1S/C26H31ClFNO5/c1-25(2,3)34-24(32)29-11-9-17(10-12-29)26(4,33)18-14-21(23(30)31)20(22(28)15-18)13-16-5-7-19(27)8-6-16/h5-8,13-15,17,21,33H,9-12H2,1-4H3,(H,30,31). The number of amides is 1. The van der Waals surface area contributed by atoms with E-state index in [1.165, 1.54) is 18.2 Å². The van der Waals surface area contributed by atoms with Crippen molar-refractivity contribution < 1.29 is 28.9 Å². The molecule has 1 aromatic carbocycles. The number of carboxylic acid groups (broad SMARTS) is 1. The number of piperidine rings is 1. The summed E-state index contributed by atoms with van der Waals surface area (Å²) in [6.45, 7) is 7.75. The summed E-state index contributed by atoms with van der Waals surface area (Å²) in [5, 5.41) is 21.7. The van der Waals surface area contributed by atoms with E-state index in [-0.39, 0.29) is 17.1 Å². The monoisotopic (exact) mass is 491 g/mol. The Bertz CT molecular complexity index is 1030. The minimum absolute atomic E-state index is 0.00844. The first-order valence-electron chi connectivity index (χ1n) is 11.3. The van der Waals surface area contributed by atoms with Crippen LogP contribution in [0.5, 0.6) is 0 Å². The van der Waals surface area contributed by atoms with Gasteiger partial charge in [-0.25, -0.2) is 9.18 Å². The number of ether oxygens (including phenoxy) is 1. The van der Waals surface area contributed by atoms with Crippen molar-refractivity contribution in [2.45, 2.75) is 51.7 Å². The molecule has 1 saturated heterocycles. The third-order valence-electron chi connectivity index (χ3n) is 6.22. The number of hydrogen-bond donors (Lipinski definition) is 2. The third kappa shape index (κ3) is 6.07.